The Hall–Kier alpha value is -1.62. The van der Waals surface area contributed by atoms with Crippen LogP contribution in [0.15, 0.2) is 34.9 Å². The molecule has 2 heterocycles. The molecule has 0 saturated heterocycles. The Labute approximate surface area is 115 Å². The summed E-state index contributed by atoms with van der Waals surface area (Å²) in [6, 6.07) is 7.77. The summed E-state index contributed by atoms with van der Waals surface area (Å²) < 4.78 is 6.20. The molecule has 2 rings (SSSR count). The Morgan fingerprint density at radius 1 is 1.33 bits per heavy atom. The molecular formula is C13H14BrN3O. The number of nitrogens with zero attached hydrogens (tertiary/aromatic N) is 2. The van der Waals surface area contributed by atoms with E-state index in [0.29, 0.717) is 12.4 Å². The molecule has 0 aliphatic rings. The van der Waals surface area contributed by atoms with Crippen molar-refractivity contribution in [2.45, 2.75) is 13.5 Å². The van der Waals surface area contributed by atoms with Crippen molar-refractivity contribution in [2.75, 3.05) is 12.4 Å². The fourth-order valence-electron chi connectivity index (χ4n) is 1.57. The summed E-state index contributed by atoms with van der Waals surface area (Å²) in [7, 11) is 1.62. The second kappa shape index (κ2) is 5.82. The molecule has 0 aliphatic carbocycles. The first-order valence-corrected chi connectivity index (χ1v) is 6.35. The predicted molar refractivity (Wildman–Crippen MR) is 74.8 cm³/mol. The monoisotopic (exact) mass is 307 g/mol. The van der Waals surface area contributed by atoms with E-state index in [0.717, 1.165) is 21.5 Å². The van der Waals surface area contributed by atoms with Crippen LogP contribution in [0.2, 0.25) is 0 Å². The van der Waals surface area contributed by atoms with Crippen LogP contribution in [0, 0.1) is 6.92 Å². The molecule has 0 unspecified atom stereocenters. The Morgan fingerprint density at radius 3 is 2.89 bits per heavy atom. The van der Waals surface area contributed by atoms with Crippen molar-refractivity contribution < 1.29 is 4.74 Å². The first-order chi connectivity index (χ1) is 8.70. The Balaban J connectivity index is 2.09. The molecule has 0 amide bonds. The van der Waals surface area contributed by atoms with Crippen LogP contribution >= 0.6 is 15.9 Å². The van der Waals surface area contributed by atoms with Gasteiger partial charge in [0, 0.05) is 22.8 Å². The van der Waals surface area contributed by atoms with Gasteiger partial charge in [-0.05, 0) is 41.1 Å². The van der Waals surface area contributed by atoms with E-state index in [1.807, 2.05) is 31.2 Å². The molecule has 4 nitrogen and oxygen atoms in total. The van der Waals surface area contributed by atoms with Gasteiger partial charge in [-0.2, -0.15) is 0 Å². The van der Waals surface area contributed by atoms with Crippen molar-refractivity contribution in [1.29, 1.82) is 0 Å². The maximum atomic E-state index is 5.20. The van der Waals surface area contributed by atoms with Gasteiger partial charge in [-0.25, -0.2) is 9.97 Å². The number of hydrogen-bond donors (Lipinski definition) is 1. The Bertz CT molecular complexity index is 546. The molecule has 1 N–H and O–H groups in total. The lowest BCUT2D eigenvalue weighted by molar-refractivity contribution is 0.393. The minimum atomic E-state index is 0.630. The van der Waals surface area contributed by atoms with Gasteiger partial charge in [0.1, 0.15) is 5.82 Å². The maximum absolute atomic E-state index is 5.20. The van der Waals surface area contributed by atoms with Crippen LogP contribution < -0.4 is 10.1 Å². The summed E-state index contributed by atoms with van der Waals surface area (Å²) in [4.78, 5) is 8.58. The summed E-state index contributed by atoms with van der Waals surface area (Å²) in [5.41, 5.74) is 1.96. The molecule has 5 heteroatoms. The summed E-state index contributed by atoms with van der Waals surface area (Å²) in [5.74, 6) is 1.47. The lowest BCUT2D eigenvalue weighted by Crippen LogP contribution is -2.04. The van der Waals surface area contributed by atoms with Crippen molar-refractivity contribution in [2.24, 2.45) is 0 Å². The zero-order valence-corrected chi connectivity index (χ0v) is 11.9. The number of nitrogens with one attached hydrogen (secondary N) is 1. The van der Waals surface area contributed by atoms with Gasteiger partial charge in [0.2, 0.25) is 5.88 Å². The van der Waals surface area contributed by atoms with Crippen LogP contribution in [-0.2, 0) is 6.54 Å². The molecular weight excluding hydrogens is 294 g/mol. The largest absolute Gasteiger partial charge is 0.481 e. The molecule has 0 fully saturated rings. The van der Waals surface area contributed by atoms with Crippen molar-refractivity contribution in [1.82, 2.24) is 9.97 Å². The molecule has 0 atom stereocenters. The van der Waals surface area contributed by atoms with Gasteiger partial charge in [0.25, 0.3) is 0 Å². The highest BCUT2D eigenvalue weighted by molar-refractivity contribution is 9.10. The van der Waals surface area contributed by atoms with Crippen LogP contribution in [0.4, 0.5) is 5.82 Å². The fraction of sp³-hybridized carbons (Fsp3) is 0.231. The molecule has 0 aliphatic heterocycles. The topological polar surface area (TPSA) is 47.0 Å². The number of aryl methyl sites for hydroxylation is 1. The van der Waals surface area contributed by atoms with Crippen molar-refractivity contribution in [3.8, 4) is 5.88 Å². The van der Waals surface area contributed by atoms with Gasteiger partial charge >= 0.3 is 0 Å². The smallest absolute Gasteiger partial charge is 0.218 e. The van der Waals surface area contributed by atoms with E-state index in [-0.39, 0.29) is 0 Å². The quantitative estimate of drug-likeness (QED) is 0.942. The molecule has 0 spiro atoms. The van der Waals surface area contributed by atoms with Crippen LogP contribution in [0.25, 0.3) is 0 Å². The molecule has 94 valence electrons. The van der Waals surface area contributed by atoms with Gasteiger partial charge in [-0.3, -0.25) is 0 Å². The summed E-state index contributed by atoms with van der Waals surface area (Å²) in [6.07, 6.45) is 1.71. The third-order valence-corrected chi connectivity index (χ3v) is 3.36. The Kier molecular flexibility index (Phi) is 4.15. The van der Waals surface area contributed by atoms with Crippen molar-refractivity contribution in [3.63, 3.8) is 0 Å². The number of ether oxygens (including phenoxy) is 1. The third kappa shape index (κ3) is 2.98. The standard InChI is InChI=1S/C13H14BrN3O/c1-9-11(14)5-6-12(17-9)16-8-10-4-3-7-15-13(10)18-2/h3-7H,8H2,1-2H3,(H,16,17). The lowest BCUT2D eigenvalue weighted by atomic mass is 10.2. The Morgan fingerprint density at radius 2 is 2.17 bits per heavy atom. The second-order valence-corrected chi connectivity index (χ2v) is 4.64. The van der Waals surface area contributed by atoms with Gasteiger partial charge in [-0.15, -0.1) is 0 Å². The van der Waals surface area contributed by atoms with Gasteiger partial charge < -0.3 is 10.1 Å². The van der Waals surface area contributed by atoms with E-state index >= 15 is 0 Å². The summed E-state index contributed by atoms with van der Waals surface area (Å²) in [5, 5.41) is 3.25. The first-order valence-electron chi connectivity index (χ1n) is 5.55. The molecule has 18 heavy (non-hydrogen) atoms. The predicted octanol–water partition coefficient (Wildman–Crippen LogP) is 3.17. The van der Waals surface area contributed by atoms with Gasteiger partial charge in [0.05, 0.1) is 12.8 Å². The zero-order valence-electron chi connectivity index (χ0n) is 10.3. The van der Waals surface area contributed by atoms with Crippen molar-refractivity contribution >= 4 is 21.7 Å². The number of methoxy groups -OCH3 is 1. The van der Waals surface area contributed by atoms with Gasteiger partial charge in [-0.1, -0.05) is 6.07 Å². The van der Waals surface area contributed by atoms with Crippen molar-refractivity contribution in [3.05, 3.63) is 46.2 Å². The maximum Gasteiger partial charge on any atom is 0.218 e. The fourth-order valence-corrected chi connectivity index (χ4v) is 1.79. The molecule has 2 aromatic rings. The minimum absolute atomic E-state index is 0.630. The zero-order chi connectivity index (χ0) is 13.0. The van der Waals surface area contributed by atoms with E-state index < -0.39 is 0 Å². The molecule has 0 saturated carbocycles. The van der Waals surface area contributed by atoms with Crippen LogP contribution in [-0.4, -0.2) is 17.1 Å². The molecule has 0 radical (unpaired) electrons. The highest BCUT2D eigenvalue weighted by Gasteiger charge is 2.04. The molecule has 0 bridgehead atoms. The second-order valence-electron chi connectivity index (χ2n) is 3.79. The average molecular weight is 308 g/mol. The number of halogens is 1. The van der Waals surface area contributed by atoms with E-state index in [4.69, 9.17) is 4.74 Å². The number of rotatable bonds is 4. The SMILES string of the molecule is COc1ncccc1CNc1ccc(Br)c(C)n1. The number of anilines is 1. The highest BCUT2D eigenvalue weighted by Crippen LogP contribution is 2.18. The van der Waals surface area contributed by atoms with Crippen LogP contribution in [0.5, 0.6) is 5.88 Å². The average Bonchev–Trinajstić information content (AvgIpc) is 2.40. The minimum Gasteiger partial charge on any atom is -0.481 e. The number of hydrogen-bond acceptors (Lipinski definition) is 4. The molecule has 0 aromatic carbocycles. The first kappa shape index (κ1) is 12.8. The number of pyridine rings is 2. The van der Waals surface area contributed by atoms with Crippen LogP contribution in [0.1, 0.15) is 11.3 Å². The lowest BCUT2D eigenvalue weighted by Gasteiger charge is -2.09. The summed E-state index contributed by atoms with van der Waals surface area (Å²) >= 11 is 3.43. The van der Waals surface area contributed by atoms with E-state index in [1.165, 1.54) is 0 Å². The van der Waals surface area contributed by atoms with E-state index in [1.54, 1.807) is 13.3 Å². The normalized spacial score (nSPS) is 10.2. The third-order valence-electron chi connectivity index (χ3n) is 2.52. The van der Waals surface area contributed by atoms with E-state index in [9.17, 15) is 0 Å². The van der Waals surface area contributed by atoms with Gasteiger partial charge in [0.15, 0.2) is 0 Å². The summed E-state index contributed by atoms with van der Waals surface area (Å²) in [6.45, 7) is 2.59. The van der Waals surface area contributed by atoms with E-state index in [2.05, 4.69) is 31.2 Å². The number of aromatic nitrogens is 2. The highest BCUT2D eigenvalue weighted by atomic mass is 79.9. The molecule has 2 aromatic heterocycles. The van der Waals surface area contributed by atoms with Crippen LogP contribution in [0.3, 0.4) is 0 Å².